The Kier molecular flexibility index (Phi) is 6.28. The average Bonchev–Trinajstić information content (AvgIpc) is 3.06. The molecule has 8 heteroatoms. The lowest BCUT2D eigenvalue weighted by atomic mass is 9.98. The second-order valence-corrected chi connectivity index (χ2v) is 5.85. The summed E-state index contributed by atoms with van der Waals surface area (Å²) in [5, 5.41) is 12.9. The molecule has 26 heavy (non-hydrogen) atoms. The normalized spacial score (nSPS) is 12.8. The van der Waals surface area contributed by atoms with E-state index in [9.17, 15) is 23.1 Å². The average molecular weight is 371 g/mol. The molecule has 0 saturated heterocycles. The van der Waals surface area contributed by atoms with E-state index in [1.165, 1.54) is 18.2 Å². The molecule has 0 amide bonds. The summed E-state index contributed by atoms with van der Waals surface area (Å²) in [6.07, 6.45) is -3.05. The number of aromatic nitrogens is 1. The number of aliphatic carboxylic acids is 1. The van der Waals surface area contributed by atoms with Gasteiger partial charge in [-0.3, -0.25) is 4.79 Å². The van der Waals surface area contributed by atoms with Crippen molar-refractivity contribution in [3.8, 4) is 17.0 Å². The third kappa shape index (κ3) is 4.56. The summed E-state index contributed by atoms with van der Waals surface area (Å²) in [4.78, 5) is 11.3. The lowest BCUT2D eigenvalue weighted by Crippen LogP contribution is -2.10. The Morgan fingerprint density at radius 3 is 2.58 bits per heavy atom. The van der Waals surface area contributed by atoms with E-state index in [0.29, 0.717) is 25.9 Å². The Labute approximate surface area is 148 Å². The Morgan fingerprint density at radius 2 is 2.00 bits per heavy atom. The number of rotatable bonds is 8. The van der Waals surface area contributed by atoms with Gasteiger partial charge in [0.25, 0.3) is 0 Å². The first kappa shape index (κ1) is 19.8. The Bertz CT molecular complexity index is 755. The highest BCUT2D eigenvalue weighted by atomic mass is 19.4. The Morgan fingerprint density at radius 1 is 1.27 bits per heavy atom. The summed E-state index contributed by atoms with van der Waals surface area (Å²) in [6.45, 7) is 3.97. The van der Waals surface area contributed by atoms with Gasteiger partial charge < -0.3 is 14.4 Å². The summed E-state index contributed by atoms with van der Waals surface area (Å²) in [6, 6.07) is 4.85. The second kappa shape index (κ2) is 8.25. The number of carboxylic acids is 1. The van der Waals surface area contributed by atoms with Crippen molar-refractivity contribution in [3.63, 3.8) is 0 Å². The van der Waals surface area contributed by atoms with Gasteiger partial charge in [-0.05, 0) is 31.0 Å². The fourth-order valence-corrected chi connectivity index (χ4v) is 2.55. The Hall–Kier alpha value is -2.51. The molecule has 1 heterocycles. The summed E-state index contributed by atoms with van der Waals surface area (Å²) in [5.74, 6) is -1.90. The van der Waals surface area contributed by atoms with Gasteiger partial charge in [-0.2, -0.15) is 13.2 Å². The summed E-state index contributed by atoms with van der Waals surface area (Å²) < 4.78 is 50.6. The van der Waals surface area contributed by atoms with Crippen LogP contribution in [0, 0.1) is 0 Å². The molecule has 0 aliphatic heterocycles. The van der Waals surface area contributed by atoms with E-state index in [1.807, 2.05) is 13.8 Å². The van der Waals surface area contributed by atoms with Crippen LogP contribution in [-0.4, -0.2) is 22.8 Å². The van der Waals surface area contributed by atoms with E-state index < -0.39 is 23.6 Å². The summed E-state index contributed by atoms with van der Waals surface area (Å²) in [5.41, 5.74) is -1.15. The maximum atomic E-state index is 13.4. The van der Waals surface area contributed by atoms with Gasteiger partial charge >= 0.3 is 12.1 Å². The maximum absolute atomic E-state index is 13.4. The van der Waals surface area contributed by atoms with Crippen LogP contribution in [0.1, 0.15) is 50.4 Å². The molecule has 0 aliphatic carbocycles. The first-order valence-electron chi connectivity index (χ1n) is 8.31. The number of ether oxygens (including phenoxy) is 1. The van der Waals surface area contributed by atoms with Crippen molar-refractivity contribution in [2.45, 2.75) is 45.2 Å². The first-order valence-corrected chi connectivity index (χ1v) is 8.31. The molecular weight excluding hydrogens is 351 g/mol. The van der Waals surface area contributed by atoms with Gasteiger partial charge in [0, 0.05) is 11.6 Å². The van der Waals surface area contributed by atoms with Gasteiger partial charge in [-0.15, -0.1) is 0 Å². The van der Waals surface area contributed by atoms with Crippen molar-refractivity contribution >= 4 is 5.97 Å². The van der Waals surface area contributed by atoms with Crippen LogP contribution in [0.3, 0.4) is 0 Å². The van der Waals surface area contributed by atoms with Crippen molar-refractivity contribution in [2.24, 2.45) is 0 Å². The Balaban J connectivity index is 2.43. The minimum Gasteiger partial charge on any atom is -0.494 e. The number of hydrogen-bond donors (Lipinski definition) is 1. The highest BCUT2D eigenvalue weighted by Gasteiger charge is 2.35. The number of carbonyl (C=O) groups is 1. The molecule has 2 aromatic rings. The molecule has 2 rings (SSSR count). The maximum Gasteiger partial charge on any atom is 0.417 e. The largest absolute Gasteiger partial charge is 0.494 e. The molecule has 0 radical (unpaired) electrons. The minimum atomic E-state index is -4.62. The third-order valence-electron chi connectivity index (χ3n) is 3.79. The molecule has 5 nitrogen and oxygen atoms in total. The lowest BCUT2D eigenvalue weighted by Gasteiger charge is -2.13. The predicted octanol–water partition coefficient (Wildman–Crippen LogP) is 5.12. The van der Waals surface area contributed by atoms with Crippen molar-refractivity contribution in [2.75, 3.05) is 6.61 Å². The van der Waals surface area contributed by atoms with Crippen molar-refractivity contribution in [1.82, 2.24) is 5.16 Å². The van der Waals surface area contributed by atoms with Gasteiger partial charge in [0.15, 0.2) is 5.76 Å². The van der Waals surface area contributed by atoms with Crippen LogP contribution in [-0.2, 0) is 11.0 Å². The molecule has 0 spiro atoms. The minimum absolute atomic E-state index is 0.0359. The summed E-state index contributed by atoms with van der Waals surface area (Å²) in [7, 11) is 0. The van der Waals surface area contributed by atoms with E-state index >= 15 is 0 Å². The van der Waals surface area contributed by atoms with Crippen LogP contribution in [0.15, 0.2) is 28.8 Å². The smallest absolute Gasteiger partial charge is 0.417 e. The van der Waals surface area contributed by atoms with Gasteiger partial charge in [0.2, 0.25) is 0 Å². The fraction of sp³-hybridized carbons (Fsp3) is 0.444. The van der Waals surface area contributed by atoms with Crippen molar-refractivity contribution in [1.29, 1.82) is 0 Å². The molecule has 1 unspecified atom stereocenters. The van der Waals surface area contributed by atoms with E-state index in [2.05, 4.69) is 5.16 Å². The topological polar surface area (TPSA) is 72.6 Å². The molecule has 0 aliphatic rings. The number of benzene rings is 1. The summed E-state index contributed by atoms with van der Waals surface area (Å²) >= 11 is 0. The van der Waals surface area contributed by atoms with Gasteiger partial charge in [-0.1, -0.05) is 25.4 Å². The third-order valence-corrected chi connectivity index (χ3v) is 3.79. The highest BCUT2D eigenvalue weighted by molar-refractivity contribution is 5.76. The standard InChI is InChI=1S/C18H20F3NO4/c1-3-5-13(17(23)24)16-10-15(22-26-16)12-7-6-11(25-8-4-2)9-14(12)18(19,20)21/h6-7,9-10,13H,3-5,8H2,1-2H3,(H,23,24). The molecule has 0 saturated carbocycles. The van der Waals surface area contributed by atoms with Crippen molar-refractivity contribution in [3.05, 3.63) is 35.6 Å². The van der Waals surface area contributed by atoms with Crippen LogP contribution >= 0.6 is 0 Å². The number of carboxylic acid groups (broad SMARTS) is 1. The zero-order chi connectivity index (χ0) is 19.3. The van der Waals surface area contributed by atoms with Crippen LogP contribution in [0.4, 0.5) is 13.2 Å². The fourth-order valence-electron chi connectivity index (χ4n) is 2.55. The van der Waals surface area contributed by atoms with Gasteiger partial charge in [0.1, 0.15) is 17.4 Å². The van der Waals surface area contributed by atoms with Gasteiger partial charge in [0.05, 0.1) is 12.2 Å². The molecule has 0 bridgehead atoms. The molecule has 1 N–H and O–H groups in total. The van der Waals surface area contributed by atoms with E-state index in [4.69, 9.17) is 9.26 Å². The van der Waals surface area contributed by atoms with Crippen LogP contribution < -0.4 is 4.74 Å². The van der Waals surface area contributed by atoms with E-state index in [0.717, 1.165) is 6.07 Å². The second-order valence-electron chi connectivity index (χ2n) is 5.85. The molecule has 1 atom stereocenters. The number of nitrogens with zero attached hydrogens (tertiary/aromatic N) is 1. The first-order chi connectivity index (χ1) is 12.3. The SMILES string of the molecule is CCCOc1ccc(-c2cc(C(CCC)C(=O)O)on2)c(C(F)(F)F)c1. The quantitative estimate of drug-likeness (QED) is 0.697. The van der Waals surface area contributed by atoms with Crippen LogP contribution in [0.2, 0.25) is 0 Å². The van der Waals surface area contributed by atoms with Crippen molar-refractivity contribution < 1.29 is 32.3 Å². The monoisotopic (exact) mass is 371 g/mol. The number of halogens is 3. The zero-order valence-electron chi connectivity index (χ0n) is 14.5. The predicted molar refractivity (Wildman–Crippen MR) is 88.0 cm³/mol. The van der Waals surface area contributed by atoms with E-state index in [-0.39, 0.29) is 22.8 Å². The van der Waals surface area contributed by atoms with E-state index in [1.54, 1.807) is 0 Å². The zero-order valence-corrected chi connectivity index (χ0v) is 14.5. The van der Waals surface area contributed by atoms with Crippen LogP contribution in [0.5, 0.6) is 5.75 Å². The lowest BCUT2D eigenvalue weighted by molar-refractivity contribution is -0.139. The molecule has 0 fully saturated rings. The highest BCUT2D eigenvalue weighted by Crippen LogP contribution is 2.39. The molecule has 142 valence electrons. The number of hydrogen-bond acceptors (Lipinski definition) is 4. The van der Waals surface area contributed by atoms with Gasteiger partial charge in [-0.25, -0.2) is 0 Å². The number of alkyl halides is 3. The molecule has 1 aromatic heterocycles. The molecule has 1 aromatic carbocycles. The van der Waals surface area contributed by atoms with Crippen LogP contribution in [0.25, 0.3) is 11.3 Å². The molecular formula is C18H20F3NO4.